The Bertz CT molecular complexity index is 215. The summed E-state index contributed by atoms with van der Waals surface area (Å²) in [7, 11) is 0. The third-order valence-corrected chi connectivity index (χ3v) is 1.58. The van der Waals surface area contributed by atoms with Crippen LogP contribution < -0.4 is 10.6 Å². The molecule has 0 spiro atoms. The third kappa shape index (κ3) is 1.22. The van der Waals surface area contributed by atoms with Crippen molar-refractivity contribution in [1.82, 2.24) is 10.6 Å². The SMILES string of the molecule is O=C(O)C1NC(=S)NC1=S. The highest BCUT2D eigenvalue weighted by Gasteiger charge is 2.29. The Kier molecular flexibility index (Phi) is 1.82. The molecule has 1 saturated heterocycles. The highest BCUT2D eigenvalue weighted by Crippen LogP contribution is 1.94. The summed E-state index contributed by atoms with van der Waals surface area (Å²) in [6.07, 6.45) is 0. The van der Waals surface area contributed by atoms with Crippen LogP contribution >= 0.6 is 24.4 Å². The molecule has 1 fully saturated rings. The van der Waals surface area contributed by atoms with Gasteiger partial charge in [-0.15, -0.1) is 0 Å². The second-order valence-electron chi connectivity index (χ2n) is 1.73. The molecule has 0 aromatic heterocycles. The molecular formula is C4H4N2O2S2. The average molecular weight is 176 g/mol. The molecule has 0 aliphatic carbocycles. The Balaban J connectivity index is 2.72. The van der Waals surface area contributed by atoms with Crippen molar-refractivity contribution in [3.8, 4) is 0 Å². The normalized spacial score (nSPS) is 23.8. The van der Waals surface area contributed by atoms with Crippen LogP contribution in [0.1, 0.15) is 0 Å². The van der Waals surface area contributed by atoms with Gasteiger partial charge in [-0.05, 0) is 12.2 Å². The molecule has 0 aromatic carbocycles. The van der Waals surface area contributed by atoms with Crippen LogP contribution in [0, 0.1) is 0 Å². The van der Waals surface area contributed by atoms with Crippen LogP contribution in [0.2, 0.25) is 0 Å². The Hall–Kier alpha value is -0.750. The highest BCUT2D eigenvalue weighted by molar-refractivity contribution is 7.82. The number of hydrogen-bond donors (Lipinski definition) is 3. The van der Waals surface area contributed by atoms with Crippen molar-refractivity contribution in [2.45, 2.75) is 6.04 Å². The second kappa shape index (κ2) is 2.47. The van der Waals surface area contributed by atoms with E-state index >= 15 is 0 Å². The molecule has 0 amide bonds. The first-order valence-corrected chi connectivity index (χ1v) is 3.27. The lowest BCUT2D eigenvalue weighted by Gasteiger charge is -1.99. The minimum Gasteiger partial charge on any atom is -0.479 e. The molecule has 3 N–H and O–H groups in total. The number of hydrogen-bond acceptors (Lipinski definition) is 3. The molecule has 0 aromatic rings. The van der Waals surface area contributed by atoms with Gasteiger partial charge in [0, 0.05) is 0 Å². The van der Waals surface area contributed by atoms with Gasteiger partial charge in [0.2, 0.25) is 0 Å². The molecule has 1 heterocycles. The maximum absolute atomic E-state index is 10.3. The number of carbonyl (C=O) groups is 1. The van der Waals surface area contributed by atoms with E-state index in [4.69, 9.17) is 5.11 Å². The standard InChI is InChI=1S/C4H4N2O2S2/c7-3(8)1-2(9)6-4(10)5-1/h1H,(H,7,8)(H2,5,6,9,10). The zero-order valence-corrected chi connectivity index (χ0v) is 6.38. The van der Waals surface area contributed by atoms with E-state index in [0.29, 0.717) is 0 Å². The number of rotatable bonds is 1. The lowest BCUT2D eigenvalue weighted by Crippen LogP contribution is -2.36. The van der Waals surface area contributed by atoms with Crippen molar-refractivity contribution < 1.29 is 9.90 Å². The average Bonchev–Trinajstić information content (AvgIpc) is 2.10. The summed E-state index contributed by atoms with van der Waals surface area (Å²) in [5.74, 6) is -1.02. The van der Waals surface area contributed by atoms with E-state index < -0.39 is 12.0 Å². The largest absolute Gasteiger partial charge is 0.479 e. The van der Waals surface area contributed by atoms with Gasteiger partial charge in [0.1, 0.15) is 4.99 Å². The van der Waals surface area contributed by atoms with Gasteiger partial charge in [0.05, 0.1) is 0 Å². The van der Waals surface area contributed by atoms with Crippen LogP contribution in [0.15, 0.2) is 0 Å². The summed E-state index contributed by atoms with van der Waals surface area (Å²) in [5, 5.41) is 13.7. The third-order valence-electron chi connectivity index (χ3n) is 1.02. The monoisotopic (exact) mass is 176 g/mol. The molecule has 1 atom stereocenters. The van der Waals surface area contributed by atoms with Crippen molar-refractivity contribution in [3.63, 3.8) is 0 Å². The molecule has 4 nitrogen and oxygen atoms in total. The summed E-state index contributed by atoms with van der Waals surface area (Å²) < 4.78 is 0. The molecule has 1 aliphatic heterocycles. The van der Waals surface area contributed by atoms with Gasteiger partial charge in [0.15, 0.2) is 11.2 Å². The number of aliphatic carboxylic acids is 1. The molecule has 1 aliphatic rings. The summed E-state index contributed by atoms with van der Waals surface area (Å²) in [6.45, 7) is 0. The summed E-state index contributed by atoms with van der Waals surface area (Å²) in [5.41, 5.74) is 0. The van der Waals surface area contributed by atoms with Gasteiger partial charge < -0.3 is 15.7 Å². The molecule has 0 bridgehead atoms. The predicted octanol–water partition coefficient (Wildman–Crippen LogP) is -0.755. The fourth-order valence-corrected chi connectivity index (χ4v) is 1.14. The van der Waals surface area contributed by atoms with Crippen LogP contribution in [0.5, 0.6) is 0 Å². The highest BCUT2D eigenvalue weighted by atomic mass is 32.1. The number of carboxylic acid groups (broad SMARTS) is 1. The molecule has 6 heteroatoms. The quantitative estimate of drug-likeness (QED) is 0.457. The lowest BCUT2D eigenvalue weighted by atomic mass is 10.3. The lowest BCUT2D eigenvalue weighted by molar-refractivity contribution is -0.137. The number of carboxylic acids is 1. The molecule has 0 radical (unpaired) electrons. The Morgan fingerprint density at radius 3 is 2.40 bits per heavy atom. The maximum Gasteiger partial charge on any atom is 0.333 e. The fraction of sp³-hybridized carbons (Fsp3) is 0.250. The van der Waals surface area contributed by atoms with Crippen molar-refractivity contribution in [2.24, 2.45) is 0 Å². The molecule has 1 rings (SSSR count). The Labute approximate surface area is 67.6 Å². The predicted molar refractivity (Wildman–Crippen MR) is 42.9 cm³/mol. The van der Waals surface area contributed by atoms with Crippen molar-refractivity contribution in [1.29, 1.82) is 0 Å². The zero-order valence-electron chi connectivity index (χ0n) is 4.75. The van der Waals surface area contributed by atoms with Gasteiger partial charge in [0.25, 0.3) is 0 Å². The summed E-state index contributed by atoms with van der Waals surface area (Å²) in [4.78, 5) is 10.5. The first-order chi connectivity index (χ1) is 4.61. The van der Waals surface area contributed by atoms with Crippen LogP contribution in [-0.2, 0) is 4.79 Å². The molecular weight excluding hydrogens is 172 g/mol. The van der Waals surface area contributed by atoms with Crippen molar-refractivity contribution in [2.75, 3.05) is 0 Å². The fourth-order valence-electron chi connectivity index (χ4n) is 0.591. The zero-order chi connectivity index (χ0) is 7.72. The minimum absolute atomic E-state index is 0.220. The minimum atomic E-state index is -1.02. The first kappa shape index (κ1) is 7.36. The summed E-state index contributed by atoms with van der Waals surface area (Å²) >= 11 is 9.27. The van der Waals surface area contributed by atoms with Gasteiger partial charge in [-0.25, -0.2) is 4.79 Å². The van der Waals surface area contributed by atoms with E-state index in [2.05, 4.69) is 35.1 Å². The van der Waals surface area contributed by atoms with Gasteiger partial charge in [-0.3, -0.25) is 0 Å². The van der Waals surface area contributed by atoms with E-state index in [1.54, 1.807) is 0 Å². The van der Waals surface area contributed by atoms with Gasteiger partial charge >= 0.3 is 5.97 Å². The van der Waals surface area contributed by atoms with Crippen LogP contribution in [0.25, 0.3) is 0 Å². The van der Waals surface area contributed by atoms with E-state index in [1.807, 2.05) is 0 Å². The van der Waals surface area contributed by atoms with E-state index in [-0.39, 0.29) is 10.1 Å². The van der Waals surface area contributed by atoms with E-state index in [9.17, 15) is 4.79 Å². The van der Waals surface area contributed by atoms with Crippen molar-refractivity contribution >= 4 is 40.5 Å². The van der Waals surface area contributed by atoms with E-state index in [1.165, 1.54) is 0 Å². The Morgan fingerprint density at radius 2 is 2.20 bits per heavy atom. The van der Waals surface area contributed by atoms with Crippen molar-refractivity contribution in [3.05, 3.63) is 0 Å². The second-order valence-corrected chi connectivity index (χ2v) is 2.58. The molecule has 1 unspecified atom stereocenters. The molecule has 0 saturated carbocycles. The summed E-state index contributed by atoms with van der Waals surface area (Å²) in [6, 6.07) is -0.845. The molecule has 10 heavy (non-hydrogen) atoms. The number of thiocarbonyl (C=S) groups is 2. The topological polar surface area (TPSA) is 61.4 Å². The Morgan fingerprint density at radius 1 is 1.60 bits per heavy atom. The van der Waals surface area contributed by atoms with Gasteiger partial charge in [-0.1, -0.05) is 12.2 Å². The first-order valence-electron chi connectivity index (χ1n) is 2.45. The number of nitrogens with one attached hydrogen (secondary N) is 2. The maximum atomic E-state index is 10.3. The van der Waals surface area contributed by atoms with Gasteiger partial charge in [-0.2, -0.15) is 0 Å². The van der Waals surface area contributed by atoms with Crippen LogP contribution in [-0.4, -0.2) is 27.2 Å². The smallest absolute Gasteiger partial charge is 0.333 e. The molecule has 54 valence electrons. The van der Waals surface area contributed by atoms with Crippen LogP contribution in [0.3, 0.4) is 0 Å². The van der Waals surface area contributed by atoms with Crippen LogP contribution in [0.4, 0.5) is 0 Å². The van der Waals surface area contributed by atoms with E-state index in [0.717, 1.165) is 0 Å².